The maximum absolute atomic E-state index is 10.7. The highest BCUT2D eigenvalue weighted by atomic mass is 16.5. The first-order valence-electron chi connectivity index (χ1n) is 10.3. The van der Waals surface area contributed by atoms with E-state index >= 15 is 0 Å². The lowest BCUT2D eigenvalue weighted by Gasteiger charge is -2.30. The fraction of sp³-hybridized carbons (Fsp3) is 0.950. The first-order valence-corrected chi connectivity index (χ1v) is 10.3. The van der Waals surface area contributed by atoms with Crippen LogP contribution in [-0.4, -0.2) is 48.9 Å². The molecule has 5 heteroatoms. The summed E-state index contributed by atoms with van der Waals surface area (Å²) in [6.07, 6.45) is 16.0. The summed E-state index contributed by atoms with van der Waals surface area (Å²) < 4.78 is 0.429. The Balaban J connectivity index is 3.58. The molecule has 0 aromatic heterocycles. The first-order chi connectivity index (χ1) is 11.9. The predicted octanol–water partition coefficient (Wildman–Crippen LogP) is 3.25. The molecule has 0 bridgehead atoms. The van der Waals surface area contributed by atoms with Gasteiger partial charge in [0.15, 0.2) is 0 Å². The van der Waals surface area contributed by atoms with Crippen LogP contribution in [0.25, 0.3) is 0 Å². The van der Waals surface area contributed by atoms with Gasteiger partial charge in [0.05, 0.1) is 26.6 Å². The summed E-state index contributed by atoms with van der Waals surface area (Å²) >= 11 is 0. The number of likely N-dealkylation sites (N-methyl/N-ethyl adjacent to an activating group) is 1. The van der Waals surface area contributed by atoms with Crippen molar-refractivity contribution in [1.82, 2.24) is 5.48 Å². The fourth-order valence-electron chi connectivity index (χ4n) is 3.35. The van der Waals surface area contributed by atoms with Gasteiger partial charge in [-0.1, -0.05) is 71.1 Å². The minimum atomic E-state index is -1.01. The van der Waals surface area contributed by atoms with Crippen LogP contribution in [0.2, 0.25) is 0 Å². The summed E-state index contributed by atoms with van der Waals surface area (Å²) in [5.41, 5.74) is 2.42. The average Bonchev–Trinajstić information content (AvgIpc) is 2.53. The molecule has 0 aromatic carbocycles. The van der Waals surface area contributed by atoms with E-state index in [0.29, 0.717) is 4.48 Å². The lowest BCUT2D eigenvalue weighted by Crippen LogP contribution is -2.49. The number of quaternary nitrogens is 1. The molecular formula is C20H42N2O3. The maximum Gasteiger partial charge on any atom is 0.119 e. The first kappa shape index (κ1) is 24.4. The van der Waals surface area contributed by atoms with Crippen molar-refractivity contribution >= 4 is 5.97 Å². The van der Waals surface area contributed by atoms with E-state index in [2.05, 4.69) is 12.4 Å². The minimum absolute atomic E-state index is 0.0374. The van der Waals surface area contributed by atoms with Crippen molar-refractivity contribution in [2.24, 2.45) is 0 Å². The van der Waals surface area contributed by atoms with E-state index < -0.39 is 5.97 Å². The van der Waals surface area contributed by atoms with E-state index in [0.717, 1.165) is 32.2 Å². The van der Waals surface area contributed by atoms with E-state index in [1.807, 2.05) is 14.1 Å². The van der Waals surface area contributed by atoms with E-state index in [1.165, 1.54) is 57.8 Å². The van der Waals surface area contributed by atoms with Gasteiger partial charge >= 0.3 is 0 Å². The van der Waals surface area contributed by atoms with Crippen LogP contribution in [-0.2, 0) is 4.79 Å². The Kier molecular flexibility index (Phi) is 15.2. The lowest BCUT2D eigenvalue weighted by molar-refractivity contribution is -0.885. The van der Waals surface area contributed by atoms with Crippen LogP contribution in [0.3, 0.4) is 0 Å². The van der Waals surface area contributed by atoms with Crippen LogP contribution in [0.15, 0.2) is 0 Å². The zero-order valence-corrected chi connectivity index (χ0v) is 16.9. The van der Waals surface area contributed by atoms with Crippen LogP contribution in [0.1, 0.15) is 90.4 Å². The summed E-state index contributed by atoms with van der Waals surface area (Å²) in [7, 11) is 3.80. The quantitative estimate of drug-likeness (QED) is 0.224. The lowest BCUT2D eigenvalue weighted by atomic mass is 10.0. The molecule has 0 aliphatic carbocycles. The van der Waals surface area contributed by atoms with Gasteiger partial charge in [-0.25, -0.2) is 5.48 Å². The number of carbonyl (C=O) groups is 1. The number of hydroxylamine groups is 1. The van der Waals surface area contributed by atoms with Gasteiger partial charge in [-0.3, -0.25) is 0 Å². The number of rotatable bonds is 18. The number of carboxylic acid groups (broad SMARTS) is 1. The van der Waals surface area contributed by atoms with E-state index in [1.54, 1.807) is 0 Å². The summed E-state index contributed by atoms with van der Waals surface area (Å²) in [5.74, 6) is -1.01. The number of nitrogens with one attached hydrogen (secondary N) is 1. The van der Waals surface area contributed by atoms with Crippen LogP contribution in [0, 0.1) is 0 Å². The smallest absolute Gasteiger partial charge is 0.119 e. The molecule has 0 aliphatic heterocycles. The third-order valence-corrected chi connectivity index (χ3v) is 4.96. The number of carboxylic acids is 1. The maximum atomic E-state index is 10.7. The molecule has 0 saturated heterocycles. The molecule has 0 heterocycles. The number of aliphatic carboxylic acids is 1. The average molecular weight is 359 g/mol. The molecular weight excluding hydrogens is 316 g/mol. The van der Waals surface area contributed by atoms with Gasteiger partial charge in [-0.2, -0.15) is 0 Å². The molecule has 25 heavy (non-hydrogen) atoms. The van der Waals surface area contributed by atoms with Gasteiger partial charge < -0.3 is 19.6 Å². The van der Waals surface area contributed by atoms with Gasteiger partial charge in [-0.15, -0.1) is 0 Å². The number of hydrogen-bond acceptors (Lipinski definition) is 4. The standard InChI is InChI=1S/C20H42N2O3/c1-4-5-6-7-8-9-10-11-12-13-15-19(21-25)16-14-17-22(2,3)18-20(23)24/h19,21,25H,4-18H2,1-3H3. The van der Waals surface area contributed by atoms with Crippen molar-refractivity contribution in [3.05, 3.63) is 0 Å². The second kappa shape index (κ2) is 15.6. The zero-order valence-electron chi connectivity index (χ0n) is 16.9. The molecule has 0 spiro atoms. The van der Waals surface area contributed by atoms with Crippen LogP contribution >= 0.6 is 0 Å². The zero-order chi connectivity index (χ0) is 19.0. The molecule has 150 valence electrons. The largest absolute Gasteiger partial charge is 0.544 e. The molecule has 5 nitrogen and oxygen atoms in total. The second-order valence-electron chi connectivity index (χ2n) is 8.13. The van der Waals surface area contributed by atoms with E-state index in [4.69, 9.17) is 0 Å². The molecule has 0 amide bonds. The van der Waals surface area contributed by atoms with Gasteiger partial charge in [0.25, 0.3) is 0 Å². The minimum Gasteiger partial charge on any atom is -0.544 e. The highest BCUT2D eigenvalue weighted by Crippen LogP contribution is 2.14. The Morgan fingerprint density at radius 2 is 1.40 bits per heavy atom. The fourth-order valence-corrected chi connectivity index (χ4v) is 3.35. The van der Waals surface area contributed by atoms with Gasteiger partial charge in [0, 0.05) is 6.04 Å². The Hall–Kier alpha value is -0.650. The van der Waals surface area contributed by atoms with Crippen LogP contribution in [0.5, 0.6) is 0 Å². The van der Waals surface area contributed by atoms with Crippen molar-refractivity contribution < 1.29 is 19.6 Å². The van der Waals surface area contributed by atoms with Gasteiger partial charge in [-0.05, 0) is 19.3 Å². The van der Waals surface area contributed by atoms with Gasteiger partial charge in [0.1, 0.15) is 6.54 Å². The molecule has 0 aromatic rings. The normalized spacial score (nSPS) is 13.1. The highest BCUT2D eigenvalue weighted by molar-refractivity contribution is 5.65. The van der Waals surface area contributed by atoms with Crippen molar-refractivity contribution in [1.29, 1.82) is 0 Å². The van der Waals surface area contributed by atoms with Gasteiger partial charge in [0.2, 0.25) is 0 Å². The Labute approximate surface area is 155 Å². The van der Waals surface area contributed by atoms with Crippen LogP contribution in [0.4, 0.5) is 0 Å². The molecule has 0 radical (unpaired) electrons. The Morgan fingerprint density at radius 1 is 0.920 bits per heavy atom. The number of carbonyl (C=O) groups excluding carboxylic acids is 1. The molecule has 2 N–H and O–H groups in total. The predicted molar refractivity (Wildman–Crippen MR) is 101 cm³/mol. The molecule has 0 fully saturated rings. The van der Waals surface area contributed by atoms with Crippen LogP contribution < -0.4 is 10.6 Å². The summed E-state index contributed by atoms with van der Waals surface area (Å²) in [6, 6.07) is 0.122. The highest BCUT2D eigenvalue weighted by Gasteiger charge is 2.16. The topological polar surface area (TPSA) is 72.4 Å². The SMILES string of the molecule is CCCCCCCCCCCCC(CCC[N+](C)(C)CC(=O)[O-])NO. The summed E-state index contributed by atoms with van der Waals surface area (Å²) in [5, 5.41) is 20.0. The number of hydrogen-bond donors (Lipinski definition) is 2. The molecule has 0 aliphatic rings. The Morgan fingerprint density at radius 3 is 1.88 bits per heavy atom. The molecule has 0 rings (SSSR count). The van der Waals surface area contributed by atoms with Crippen molar-refractivity contribution in [2.75, 3.05) is 27.2 Å². The molecule has 1 atom stereocenters. The van der Waals surface area contributed by atoms with E-state index in [-0.39, 0.29) is 12.6 Å². The number of nitrogens with zero attached hydrogens (tertiary/aromatic N) is 1. The molecule has 1 unspecified atom stereocenters. The molecule has 0 saturated carbocycles. The Bertz CT molecular complexity index is 322. The monoisotopic (exact) mass is 358 g/mol. The van der Waals surface area contributed by atoms with E-state index in [9.17, 15) is 15.1 Å². The van der Waals surface area contributed by atoms with Crippen molar-refractivity contribution in [2.45, 2.75) is 96.4 Å². The summed E-state index contributed by atoms with van der Waals surface area (Å²) in [6.45, 7) is 3.07. The van der Waals surface area contributed by atoms with Crippen molar-refractivity contribution in [3.8, 4) is 0 Å². The van der Waals surface area contributed by atoms with Crippen molar-refractivity contribution in [3.63, 3.8) is 0 Å². The number of unbranched alkanes of at least 4 members (excludes halogenated alkanes) is 9. The third kappa shape index (κ3) is 16.6. The summed E-state index contributed by atoms with van der Waals surface area (Å²) in [4.78, 5) is 10.7. The third-order valence-electron chi connectivity index (χ3n) is 4.96. The second-order valence-corrected chi connectivity index (χ2v) is 8.13.